The van der Waals surface area contributed by atoms with Gasteiger partial charge in [-0.15, -0.1) is 5.10 Å². The molecule has 0 saturated heterocycles. The minimum atomic E-state index is -0.595. The molecule has 0 aliphatic carbocycles. The van der Waals surface area contributed by atoms with Gasteiger partial charge >= 0.3 is 12.1 Å². The Balaban J connectivity index is 1.42. The molecule has 8 nitrogen and oxygen atoms in total. The Labute approximate surface area is 203 Å². The summed E-state index contributed by atoms with van der Waals surface area (Å²) in [6.45, 7) is 3.64. The standard InChI is InChI=1S/C27H26N4O4/c1-18-26(28-27(33)35-19(2)21-7-5-4-6-8-21)29-30-31(18)24-15-13-23(14-16-24)22-11-9-20(10-12-22)17-25(32)34-3/h4-16,19H,17H2,1-3H3,(H,28,33). The number of amides is 1. The van der Waals surface area contributed by atoms with Gasteiger partial charge in [0.1, 0.15) is 6.10 Å². The van der Waals surface area contributed by atoms with E-state index in [2.05, 4.69) is 15.6 Å². The number of benzene rings is 3. The molecule has 0 saturated carbocycles. The van der Waals surface area contributed by atoms with E-state index >= 15 is 0 Å². The molecule has 0 aliphatic rings. The van der Waals surface area contributed by atoms with E-state index in [9.17, 15) is 9.59 Å². The van der Waals surface area contributed by atoms with Gasteiger partial charge in [-0.1, -0.05) is 71.9 Å². The number of nitrogens with zero attached hydrogens (tertiary/aromatic N) is 3. The van der Waals surface area contributed by atoms with Crippen LogP contribution in [0.1, 0.15) is 29.8 Å². The average molecular weight is 471 g/mol. The van der Waals surface area contributed by atoms with Crippen molar-refractivity contribution in [3.05, 3.63) is 95.7 Å². The number of rotatable bonds is 7. The molecule has 35 heavy (non-hydrogen) atoms. The van der Waals surface area contributed by atoms with E-state index in [0.717, 1.165) is 27.9 Å². The normalized spacial score (nSPS) is 11.5. The average Bonchev–Trinajstić information content (AvgIpc) is 3.24. The van der Waals surface area contributed by atoms with Gasteiger partial charge in [0.2, 0.25) is 0 Å². The fourth-order valence-electron chi connectivity index (χ4n) is 3.62. The molecule has 0 aliphatic heterocycles. The third kappa shape index (κ3) is 5.73. The minimum absolute atomic E-state index is 0.246. The van der Waals surface area contributed by atoms with Crippen molar-refractivity contribution in [3.63, 3.8) is 0 Å². The van der Waals surface area contributed by atoms with Gasteiger partial charge in [-0.3, -0.25) is 10.1 Å². The van der Waals surface area contributed by atoms with E-state index in [1.165, 1.54) is 7.11 Å². The predicted octanol–water partition coefficient (Wildman–Crippen LogP) is 5.27. The van der Waals surface area contributed by atoms with Gasteiger partial charge in [-0.2, -0.15) is 0 Å². The Morgan fingerprint density at radius 2 is 1.57 bits per heavy atom. The Hall–Kier alpha value is -4.46. The van der Waals surface area contributed by atoms with E-state index in [1.54, 1.807) is 4.68 Å². The Bertz CT molecular complexity index is 1300. The van der Waals surface area contributed by atoms with Gasteiger partial charge in [0, 0.05) is 0 Å². The number of anilines is 1. The molecule has 1 amide bonds. The first-order valence-corrected chi connectivity index (χ1v) is 11.2. The van der Waals surface area contributed by atoms with Crippen molar-refractivity contribution >= 4 is 17.9 Å². The summed E-state index contributed by atoms with van der Waals surface area (Å²) in [4.78, 5) is 23.8. The summed E-state index contributed by atoms with van der Waals surface area (Å²) in [6, 6.07) is 25.1. The molecular weight excluding hydrogens is 444 g/mol. The van der Waals surface area contributed by atoms with Crippen LogP contribution in [0.15, 0.2) is 78.9 Å². The number of hydrogen-bond donors (Lipinski definition) is 1. The molecule has 0 spiro atoms. The van der Waals surface area contributed by atoms with Crippen molar-refractivity contribution in [2.24, 2.45) is 0 Å². The highest BCUT2D eigenvalue weighted by Crippen LogP contribution is 2.24. The molecule has 1 N–H and O–H groups in total. The first kappa shape index (κ1) is 23.7. The number of methoxy groups -OCH3 is 1. The SMILES string of the molecule is COC(=O)Cc1ccc(-c2ccc(-n3nnc(NC(=O)OC(C)c4ccccc4)c3C)cc2)cc1. The topological polar surface area (TPSA) is 95.3 Å². The lowest BCUT2D eigenvalue weighted by Crippen LogP contribution is -2.17. The second-order valence-corrected chi connectivity index (χ2v) is 8.02. The Morgan fingerprint density at radius 1 is 0.943 bits per heavy atom. The lowest BCUT2D eigenvalue weighted by atomic mass is 10.0. The van der Waals surface area contributed by atoms with Gasteiger partial charge in [-0.25, -0.2) is 9.48 Å². The highest BCUT2D eigenvalue weighted by molar-refractivity contribution is 5.84. The highest BCUT2D eigenvalue weighted by atomic mass is 16.6. The van der Waals surface area contributed by atoms with Gasteiger partial charge in [0.15, 0.2) is 5.82 Å². The summed E-state index contributed by atoms with van der Waals surface area (Å²) in [5.41, 5.74) is 5.33. The van der Waals surface area contributed by atoms with Crippen LogP contribution >= 0.6 is 0 Å². The molecule has 1 unspecified atom stereocenters. The van der Waals surface area contributed by atoms with Crippen molar-refractivity contribution in [3.8, 4) is 16.8 Å². The summed E-state index contributed by atoms with van der Waals surface area (Å²) in [5.74, 6) is 0.0682. The van der Waals surface area contributed by atoms with Crippen LogP contribution in [0.5, 0.6) is 0 Å². The number of aromatic nitrogens is 3. The highest BCUT2D eigenvalue weighted by Gasteiger charge is 2.16. The van der Waals surface area contributed by atoms with Crippen molar-refractivity contribution in [1.29, 1.82) is 0 Å². The summed E-state index contributed by atoms with van der Waals surface area (Å²) in [5, 5.41) is 10.9. The van der Waals surface area contributed by atoms with E-state index in [1.807, 2.05) is 92.7 Å². The van der Waals surface area contributed by atoms with Crippen molar-refractivity contribution in [2.75, 3.05) is 12.4 Å². The molecular formula is C27H26N4O4. The molecule has 8 heteroatoms. The fraction of sp³-hybridized carbons (Fsp3) is 0.185. The molecule has 1 heterocycles. The quantitative estimate of drug-likeness (QED) is 0.370. The zero-order chi connectivity index (χ0) is 24.8. The summed E-state index contributed by atoms with van der Waals surface area (Å²) in [6.07, 6.45) is -0.743. The molecule has 3 aromatic carbocycles. The lowest BCUT2D eigenvalue weighted by Gasteiger charge is -2.13. The number of carbonyl (C=O) groups is 2. The van der Waals surface area contributed by atoms with Crippen molar-refractivity contribution in [1.82, 2.24) is 15.0 Å². The van der Waals surface area contributed by atoms with Crippen LogP contribution in [0, 0.1) is 6.92 Å². The molecule has 0 bridgehead atoms. The smallest absolute Gasteiger partial charge is 0.413 e. The van der Waals surface area contributed by atoms with E-state index < -0.39 is 12.2 Å². The number of ether oxygens (including phenoxy) is 2. The summed E-state index contributed by atoms with van der Waals surface area (Å²) in [7, 11) is 1.38. The van der Waals surface area contributed by atoms with Crippen LogP contribution < -0.4 is 5.32 Å². The second kappa shape index (κ2) is 10.6. The third-order valence-corrected chi connectivity index (χ3v) is 5.64. The van der Waals surface area contributed by atoms with Crippen molar-refractivity contribution in [2.45, 2.75) is 26.4 Å². The summed E-state index contributed by atoms with van der Waals surface area (Å²) >= 11 is 0. The van der Waals surface area contributed by atoms with Crippen LogP contribution in [0.3, 0.4) is 0 Å². The Morgan fingerprint density at radius 3 is 2.20 bits per heavy atom. The maximum absolute atomic E-state index is 12.4. The van der Waals surface area contributed by atoms with Crippen molar-refractivity contribution < 1.29 is 19.1 Å². The third-order valence-electron chi connectivity index (χ3n) is 5.64. The van der Waals surface area contributed by atoms with E-state index in [4.69, 9.17) is 9.47 Å². The first-order valence-electron chi connectivity index (χ1n) is 11.2. The zero-order valence-electron chi connectivity index (χ0n) is 19.8. The molecule has 0 radical (unpaired) electrons. The zero-order valence-corrected chi connectivity index (χ0v) is 19.8. The largest absolute Gasteiger partial charge is 0.469 e. The molecule has 1 atom stereocenters. The monoisotopic (exact) mass is 470 g/mol. The van der Waals surface area contributed by atoms with Gasteiger partial charge in [0.05, 0.1) is 24.9 Å². The summed E-state index contributed by atoms with van der Waals surface area (Å²) < 4.78 is 11.8. The predicted molar refractivity (Wildman–Crippen MR) is 132 cm³/mol. The second-order valence-electron chi connectivity index (χ2n) is 8.02. The minimum Gasteiger partial charge on any atom is -0.469 e. The maximum Gasteiger partial charge on any atom is 0.413 e. The number of hydrogen-bond acceptors (Lipinski definition) is 6. The van der Waals surface area contributed by atoms with Gasteiger partial charge in [-0.05, 0) is 48.2 Å². The molecule has 178 valence electrons. The molecule has 4 rings (SSSR count). The number of nitrogens with one attached hydrogen (secondary N) is 1. The molecule has 4 aromatic rings. The van der Waals surface area contributed by atoms with E-state index in [0.29, 0.717) is 11.5 Å². The van der Waals surface area contributed by atoms with Crippen LogP contribution in [0.25, 0.3) is 16.8 Å². The molecule has 1 aromatic heterocycles. The fourth-order valence-corrected chi connectivity index (χ4v) is 3.62. The lowest BCUT2D eigenvalue weighted by molar-refractivity contribution is -0.139. The van der Waals surface area contributed by atoms with Crippen LogP contribution in [0.4, 0.5) is 10.6 Å². The Kier molecular flexibility index (Phi) is 7.21. The van der Waals surface area contributed by atoms with Crippen LogP contribution in [-0.4, -0.2) is 34.2 Å². The first-order chi connectivity index (χ1) is 16.9. The van der Waals surface area contributed by atoms with Gasteiger partial charge in [0.25, 0.3) is 0 Å². The van der Waals surface area contributed by atoms with Gasteiger partial charge < -0.3 is 9.47 Å². The number of carbonyl (C=O) groups excluding carboxylic acids is 2. The van der Waals surface area contributed by atoms with Crippen LogP contribution in [-0.2, 0) is 20.7 Å². The van der Waals surface area contributed by atoms with E-state index in [-0.39, 0.29) is 12.4 Å². The van der Waals surface area contributed by atoms with Crippen LogP contribution in [0.2, 0.25) is 0 Å². The number of esters is 1. The molecule has 0 fully saturated rings. The maximum atomic E-state index is 12.4.